The van der Waals surface area contributed by atoms with Crippen LogP contribution in [0, 0.1) is 6.92 Å². The van der Waals surface area contributed by atoms with Crippen molar-refractivity contribution in [2.45, 2.75) is 13.5 Å². The first-order valence-corrected chi connectivity index (χ1v) is 10.7. The number of aromatic nitrogens is 3. The summed E-state index contributed by atoms with van der Waals surface area (Å²) in [5.41, 5.74) is 2.99. The van der Waals surface area contributed by atoms with E-state index in [4.69, 9.17) is 27.9 Å². The monoisotopic (exact) mass is 466 g/mol. The predicted molar refractivity (Wildman–Crippen MR) is 127 cm³/mol. The summed E-state index contributed by atoms with van der Waals surface area (Å²) in [6.07, 6.45) is 0. The van der Waals surface area contributed by atoms with Crippen molar-refractivity contribution in [2.24, 2.45) is 0 Å². The van der Waals surface area contributed by atoms with Gasteiger partial charge in [-0.15, -0.1) is 5.10 Å². The van der Waals surface area contributed by atoms with Gasteiger partial charge in [0.1, 0.15) is 5.75 Å². The SMILES string of the molecule is Cc1ccc(-c2nc(NCc3ccccc3)n(C(=O)COc3ccc(Cl)cc3Cl)n2)cc1. The van der Waals surface area contributed by atoms with E-state index >= 15 is 0 Å². The molecule has 162 valence electrons. The summed E-state index contributed by atoms with van der Waals surface area (Å²) < 4.78 is 6.82. The van der Waals surface area contributed by atoms with E-state index in [0.717, 1.165) is 16.7 Å². The molecule has 0 amide bonds. The number of hydrogen-bond acceptors (Lipinski definition) is 5. The highest BCUT2D eigenvalue weighted by Gasteiger charge is 2.18. The van der Waals surface area contributed by atoms with Crippen molar-refractivity contribution in [3.8, 4) is 17.1 Å². The number of carbonyl (C=O) groups excluding carboxylic acids is 1. The maximum absolute atomic E-state index is 13.0. The maximum atomic E-state index is 13.0. The topological polar surface area (TPSA) is 69.0 Å². The molecule has 0 aliphatic carbocycles. The molecule has 0 unspecified atom stereocenters. The van der Waals surface area contributed by atoms with Gasteiger partial charge in [0.15, 0.2) is 12.4 Å². The van der Waals surface area contributed by atoms with Crippen LogP contribution >= 0.6 is 23.2 Å². The zero-order chi connectivity index (χ0) is 22.5. The summed E-state index contributed by atoms with van der Waals surface area (Å²) in [4.78, 5) is 17.5. The van der Waals surface area contributed by atoms with Crippen LogP contribution in [0.2, 0.25) is 10.0 Å². The molecule has 0 spiro atoms. The lowest BCUT2D eigenvalue weighted by Gasteiger charge is -2.09. The number of hydrogen-bond donors (Lipinski definition) is 1. The number of ether oxygens (including phenoxy) is 1. The number of aryl methyl sites for hydroxylation is 1. The number of nitrogens with one attached hydrogen (secondary N) is 1. The molecule has 8 heteroatoms. The average molecular weight is 467 g/mol. The average Bonchev–Trinajstić information content (AvgIpc) is 3.22. The van der Waals surface area contributed by atoms with E-state index in [2.05, 4.69) is 15.4 Å². The summed E-state index contributed by atoms with van der Waals surface area (Å²) in [6.45, 7) is 2.23. The summed E-state index contributed by atoms with van der Waals surface area (Å²) >= 11 is 12.1. The molecule has 4 aromatic rings. The van der Waals surface area contributed by atoms with Gasteiger partial charge in [-0.2, -0.15) is 9.67 Å². The molecule has 0 aliphatic rings. The first-order chi connectivity index (χ1) is 15.5. The standard InChI is InChI=1S/C24H20Cl2N4O2/c1-16-7-9-18(10-8-16)23-28-24(27-14-17-5-3-2-4-6-17)30(29-23)22(31)15-32-21-12-11-19(25)13-20(21)26/h2-13H,14-15H2,1H3,(H,27,28,29). The van der Waals surface area contributed by atoms with Gasteiger partial charge in [0, 0.05) is 17.1 Å². The van der Waals surface area contributed by atoms with Crippen LogP contribution in [0.25, 0.3) is 11.4 Å². The molecular formula is C24H20Cl2N4O2. The number of carbonyl (C=O) groups is 1. The molecule has 0 atom stereocenters. The van der Waals surface area contributed by atoms with Crippen LogP contribution in [0.15, 0.2) is 72.8 Å². The van der Waals surface area contributed by atoms with Crippen molar-refractivity contribution in [1.29, 1.82) is 0 Å². The van der Waals surface area contributed by atoms with Crippen molar-refractivity contribution in [3.05, 3.63) is 94.0 Å². The number of benzene rings is 3. The second kappa shape index (κ2) is 9.85. The molecule has 3 aromatic carbocycles. The predicted octanol–water partition coefficient (Wildman–Crippen LogP) is 5.89. The minimum atomic E-state index is -0.391. The molecule has 0 radical (unpaired) electrons. The van der Waals surface area contributed by atoms with Gasteiger partial charge in [0.05, 0.1) is 5.02 Å². The molecule has 0 saturated carbocycles. The van der Waals surface area contributed by atoms with Gasteiger partial charge in [-0.25, -0.2) is 0 Å². The molecule has 0 bridgehead atoms. The van der Waals surface area contributed by atoms with Gasteiger partial charge in [-0.05, 0) is 30.7 Å². The Hall–Kier alpha value is -3.35. The van der Waals surface area contributed by atoms with Crippen LogP contribution in [-0.4, -0.2) is 27.3 Å². The Morgan fingerprint density at radius 3 is 2.50 bits per heavy atom. The minimum absolute atomic E-state index is 0.266. The minimum Gasteiger partial charge on any atom is -0.482 e. The van der Waals surface area contributed by atoms with E-state index in [0.29, 0.717) is 34.1 Å². The Bertz CT molecular complexity index is 1220. The Balaban J connectivity index is 1.57. The molecule has 1 heterocycles. The normalized spacial score (nSPS) is 10.7. The fourth-order valence-electron chi connectivity index (χ4n) is 3.00. The van der Waals surface area contributed by atoms with Crippen molar-refractivity contribution >= 4 is 35.1 Å². The van der Waals surface area contributed by atoms with Crippen LogP contribution in [0.5, 0.6) is 5.75 Å². The number of anilines is 1. The van der Waals surface area contributed by atoms with Crippen molar-refractivity contribution in [3.63, 3.8) is 0 Å². The summed E-state index contributed by atoms with van der Waals surface area (Å²) in [7, 11) is 0. The van der Waals surface area contributed by atoms with E-state index in [1.807, 2.05) is 61.5 Å². The highest BCUT2D eigenvalue weighted by molar-refractivity contribution is 6.35. The van der Waals surface area contributed by atoms with Gasteiger partial charge in [0.25, 0.3) is 5.91 Å². The van der Waals surface area contributed by atoms with Crippen LogP contribution < -0.4 is 10.1 Å². The van der Waals surface area contributed by atoms with E-state index in [9.17, 15) is 4.79 Å². The van der Waals surface area contributed by atoms with E-state index in [-0.39, 0.29) is 6.61 Å². The van der Waals surface area contributed by atoms with Crippen molar-refractivity contribution < 1.29 is 9.53 Å². The summed E-state index contributed by atoms with van der Waals surface area (Å²) in [5, 5.41) is 8.44. The molecule has 1 N–H and O–H groups in total. The first kappa shape index (κ1) is 21.9. The van der Waals surface area contributed by atoms with Gasteiger partial charge < -0.3 is 10.1 Å². The Morgan fingerprint density at radius 1 is 1.03 bits per heavy atom. The van der Waals surface area contributed by atoms with Gasteiger partial charge >= 0.3 is 0 Å². The van der Waals surface area contributed by atoms with E-state index < -0.39 is 5.91 Å². The zero-order valence-corrected chi connectivity index (χ0v) is 18.8. The third-order valence-corrected chi connectivity index (χ3v) is 5.22. The molecule has 1 aromatic heterocycles. The summed E-state index contributed by atoms with van der Waals surface area (Å²) in [5.74, 6) is 0.748. The van der Waals surface area contributed by atoms with Crippen LogP contribution in [0.3, 0.4) is 0 Å². The lowest BCUT2D eigenvalue weighted by Crippen LogP contribution is -2.22. The third kappa shape index (κ3) is 5.28. The fraction of sp³-hybridized carbons (Fsp3) is 0.125. The van der Waals surface area contributed by atoms with Crippen LogP contribution in [0.1, 0.15) is 15.9 Å². The Labute approximate surface area is 195 Å². The van der Waals surface area contributed by atoms with E-state index in [1.165, 1.54) is 4.68 Å². The summed E-state index contributed by atoms with van der Waals surface area (Å²) in [6, 6.07) is 22.4. The lowest BCUT2D eigenvalue weighted by atomic mass is 10.1. The zero-order valence-electron chi connectivity index (χ0n) is 17.3. The molecule has 0 aliphatic heterocycles. The number of halogens is 2. The van der Waals surface area contributed by atoms with Crippen LogP contribution in [-0.2, 0) is 6.54 Å². The molecule has 0 saturated heterocycles. The fourth-order valence-corrected chi connectivity index (χ4v) is 3.46. The molecular weight excluding hydrogens is 447 g/mol. The third-order valence-electron chi connectivity index (χ3n) is 4.69. The highest BCUT2D eigenvalue weighted by atomic mass is 35.5. The van der Waals surface area contributed by atoms with Crippen molar-refractivity contribution in [1.82, 2.24) is 14.8 Å². The van der Waals surface area contributed by atoms with Gasteiger partial charge in [-0.3, -0.25) is 4.79 Å². The smallest absolute Gasteiger partial charge is 0.287 e. The maximum Gasteiger partial charge on any atom is 0.287 e. The van der Waals surface area contributed by atoms with Gasteiger partial charge in [-0.1, -0.05) is 83.4 Å². The van der Waals surface area contributed by atoms with E-state index in [1.54, 1.807) is 18.2 Å². The number of rotatable bonds is 7. The lowest BCUT2D eigenvalue weighted by molar-refractivity contribution is 0.0824. The Morgan fingerprint density at radius 2 is 1.78 bits per heavy atom. The number of nitrogens with zero attached hydrogens (tertiary/aromatic N) is 3. The molecule has 6 nitrogen and oxygen atoms in total. The van der Waals surface area contributed by atoms with Gasteiger partial charge in [0.2, 0.25) is 5.95 Å². The molecule has 4 rings (SSSR count). The second-order valence-corrected chi connectivity index (χ2v) is 7.98. The van der Waals surface area contributed by atoms with Crippen molar-refractivity contribution in [2.75, 3.05) is 11.9 Å². The first-order valence-electron chi connectivity index (χ1n) is 9.92. The Kier molecular flexibility index (Phi) is 6.73. The second-order valence-electron chi connectivity index (χ2n) is 7.13. The van der Waals surface area contributed by atoms with Crippen LogP contribution in [0.4, 0.5) is 5.95 Å². The highest BCUT2D eigenvalue weighted by Crippen LogP contribution is 2.27. The molecule has 0 fully saturated rings. The molecule has 32 heavy (non-hydrogen) atoms. The largest absolute Gasteiger partial charge is 0.482 e. The quantitative estimate of drug-likeness (QED) is 0.367.